The van der Waals surface area contributed by atoms with Crippen molar-refractivity contribution in [1.29, 1.82) is 0 Å². The minimum Gasteiger partial charge on any atom is -0.453 e. The molecule has 9 rings (SSSR count). The van der Waals surface area contributed by atoms with Gasteiger partial charge in [-0.2, -0.15) is 0 Å². The van der Waals surface area contributed by atoms with Crippen LogP contribution in [-0.2, 0) is 20.7 Å². The van der Waals surface area contributed by atoms with Gasteiger partial charge in [0, 0.05) is 54.9 Å². The molecule has 0 unspecified atom stereocenters. The van der Waals surface area contributed by atoms with Crippen LogP contribution in [0, 0.1) is 0 Å². The highest BCUT2D eigenvalue weighted by atomic mass is 16.5. The predicted octanol–water partition coefficient (Wildman–Crippen LogP) is 9.12. The van der Waals surface area contributed by atoms with Gasteiger partial charge in [0.1, 0.15) is 17.9 Å². The van der Waals surface area contributed by atoms with E-state index >= 15 is 0 Å². The summed E-state index contributed by atoms with van der Waals surface area (Å²) in [5.74, 6) is 0.725. The molecule has 0 saturated carbocycles. The molecule has 5 heterocycles. The molecule has 12 nitrogen and oxygen atoms in total. The number of aromatic nitrogens is 3. The number of likely N-dealkylation sites (N-methyl/N-ethyl adjacent to an activating group) is 1. The fraction of sp³-hybridized carbons (Fsp3) is 0.327. The molecule has 4 atom stereocenters. The van der Waals surface area contributed by atoms with Crippen molar-refractivity contribution in [2.45, 2.75) is 76.5 Å². The fourth-order valence-corrected chi connectivity index (χ4v) is 9.90. The second-order valence-corrected chi connectivity index (χ2v) is 17.0. The van der Waals surface area contributed by atoms with Crippen LogP contribution in [0.3, 0.4) is 0 Å². The predicted molar refractivity (Wildman–Crippen MR) is 251 cm³/mol. The van der Waals surface area contributed by atoms with Gasteiger partial charge in [0.05, 0.1) is 31.1 Å². The lowest BCUT2D eigenvalue weighted by atomic mass is 9.96. The third-order valence-electron chi connectivity index (χ3n) is 13.3. The standard InChI is InChI=1S/C52H56N8O4/c1-4-58(5-2)48(38-13-7-6-8-14-38)51(62)59-27-11-17-46(59)43-29-39(31-54-43)36-21-19-34(20-22-36)35-23-25-37(26-24-35)45-33-55-49(56-45)47-18-12-28-60(47)50(61)44(57-52(63)64-3)30-40-32-53-42-16-10-9-15-41(40)42/h6-10,13-16,19-26,31-33,44,46-48,53H,4-5,11-12,17-18,27-30H2,1-3H3,(H,55,56)(H,57,63)/t44-,46-,47-,48+/m0/s1. The maximum absolute atomic E-state index is 14.3. The Kier molecular flexibility index (Phi) is 12.6. The van der Waals surface area contributed by atoms with Gasteiger partial charge in [-0.05, 0) is 83.8 Å². The molecular formula is C52H56N8O4. The maximum Gasteiger partial charge on any atom is 0.407 e. The Morgan fingerprint density at radius 3 is 2.14 bits per heavy atom. The highest BCUT2D eigenvalue weighted by Gasteiger charge is 2.39. The average molecular weight is 857 g/mol. The summed E-state index contributed by atoms with van der Waals surface area (Å²) in [6, 6.07) is 33.8. The maximum atomic E-state index is 14.3. The Morgan fingerprint density at radius 1 is 0.797 bits per heavy atom. The Hall–Kier alpha value is -6.79. The van der Waals surface area contributed by atoms with E-state index in [-0.39, 0.29) is 29.9 Å². The molecule has 0 spiro atoms. The normalized spacial score (nSPS) is 18.3. The molecule has 2 saturated heterocycles. The number of nitrogens with one attached hydrogen (secondary N) is 3. The molecule has 4 aromatic carbocycles. The number of H-pyrrole nitrogens is 2. The third-order valence-corrected chi connectivity index (χ3v) is 13.3. The van der Waals surface area contributed by atoms with Gasteiger partial charge in [0.15, 0.2) is 0 Å². The van der Waals surface area contributed by atoms with Crippen LogP contribution in [-0.4, -0.2) is 98.6 Å². The van der Waals surface area contributed by atoms with Crippen LogP contribution in [0.1, 0.15) is 80.6 Å². The number of rotatable bonds is 14. The van der Waals surface area contributed by atoms with Crippen molar-refractivity contribution in [3.05, 3.63) is 144 Å². The zero-order valence-electron chi connectivity index (χ0n) is 36.8. The van der Waals surface area contributed by atoms with Crippen molar-refractivity contribution in [1.82, 2.24) is 35.0 Å². The van der Waals surface area contributed by atoms with Gasteiger partial charge in [-0.25, -0.2) is 9.78 Å². The number of aliphatic imine (C=N–C) groups is 1. The number of likely N-dealkylation sites (tertiary alicyclic amines) is 2. The van der Waals surface area contributed by atoms with Crippen LogP contribution in [0.5, 0.6) is 0 Å². The second-order valence-electron chi connectivity index (χ2n) is 17.0. The highest BCUT2D eigenvalue weighted by molar-refractivity contribution is 6.03. The number of hydrogen-bond acceptors (Lipinski definition) is 7. The van der Waals surface area contributed by atoms with Gasteiger partial charge in [0.2, 0.25) is 11.8 Å². The molecule has 2 aromatic heterocycles. The molecule has 12 heteroatoms. The summed E-state index contributed by atoms with van der Waals surface area (Å²) < 4.78 is 4.92. The van der Waals surface area contributed by atoms with E-state index in [2.05, 4.69) is 99.6 Å². The van der Waals surface area contributed by atoms with Gasteiger partial charge in [-0.1, -0.05) is 111 Å². The number of aromatic amines is 2. The first-order chi connectivity index (χ1) is 31.3. The van der Waals surface area contributed by atoms with Crippen LogP contribution in [0.25, 0.3) is 38.9 Å². The topological polar surface area (TPSA) is 139 Å². The van der Waals surface area contributed by atoms with E-state index in [1.807, 2.05) is 66.0 Å². The Labute approximate surface area is 374 Å². The number of benzene rings is 4. The summed E-state index contributed by atoms with van der Waals surface area (Å²) in [6.45, 7) is 7.17. The minimum atomic E-state index is -0.805. The number of amides is 3. The number of carbonyl (C=O) groups is 3. The van der Waals surface area contributed by atoms with E-state index in [0.717, 1.165) is 113 Å². The zero-order chi connectivity index (χ0) is 44.2. The number of methoxy groups -OCH3 is 1. The quantitative estimate of drug-likeness (QED) is 0.1000. The number of alkyl carbamates (subject to hydrolysis) is 1. The van der Waals surface area contributed by atoms with Crippen LogP contribution >= 0.6 is 0 Å². The number of nitrogens with zero attached hydrogens (tertiary/aromatic N) is 5. The molecule has 0 bridgehead atoms. The van der Waals surface area contributed by atoms with E-state index in [1.54, 1.807) is 0 Å². The second kappa shape index (κ2) is 18.9. The Bertz CT molecular complexity index is 2660. The molecule has 3 amide bonds. The number of fused-ring (bicyclic) bond motifs is 1. The Morgan fingerprint density at radius 2 is 1.44 bits per heavy atom. The third kappa shape index (κ3) is 8.62. The minimum absolute atomic E-state index is 0.00983. The van der Waals surface area contributed by atoms with Crippen molar-refractivity contribution in [3.8, 4) is 22.4 Å². The van der Waals surface area contributed by atoms with Crippen LogP contribution < -0.4 is 5.32 Å². The van der Waals surface area contributed by atoms with Crippen LogP contribution in [0.2, 0.25) is 0 Å². The molecule has 3 N–H and O–H groups in total. The lowest BCUT2D eigenvalue weighted by molar-refractivity contribution is -0.137. The van der Waals surface area contributed by atoms with Gasteiger partial charge >= 0.3 is 6.09 Å². The fourth-order valence-electron chi connectivity index (χ4n) is 9.90. The SMILES string of the molecule is CCN(CC)[C@@H](C(=O)N1CCC[C@H]1C1=NC=C(c2ccc(-c3ccc(-c4cnc([C@@H]5CCCN5C(=O)[C@H](Cc5c[nH]c6ccccc56)NC(=O)OC)[nH]4)cc3)cc2)C1)c1ccccc1. The monoisotopic (exact) mass is 856 g/mol. The van der Waals surface area contributed by atoms with Crippen molar-refractivity contribution < 1.29 is 19.1 Å². The van der Waals surface area contributed by atoms with Crippen molar-refractivity contribution >= 4 is 40.1 Å². The van der Waals surface area contributed by atoms with Crippen LogP contribution in [0.4, 0.5) is 4.79 Å². The van der Waals surface area contributed by atoms with Gasteiger partial charge < -0.3 is 29.8 Å². The van der Waals surface area contributed by atoms with Gasteiger partial charge in [0.25, 0.3) is 0 Å². The summed E-state index contributed by atoms with van der Waals surface area (Å²) in [4.78, 5) is 63.5. The van der Waals surface area contributed by atoms with Gasteiger partial charge in [-0.3, -0.25) is 19.5 Å². The van der Waals surface area contributed by atoms with E-state index in [4.69, 9.17) is 14.7 Å². The zero-order valence-corrected chi connectivity index (χ0v) is 36.8. The number of carbonyl (C=O) groups excluding carboxylic acids is 3. The van der Waals surface area contributed by atoms with Crippen molar-refractivity contribution in [2.75, 3.05) is 33.3 Å². The van der Waals surface area contributed by atoms with Crippen molar-refractivity contribution in [3.63, 3.8) is 0 Å². The van der Waals surface area contributed by atoms with Crippen LogP contribution in [0.15, 0.2) is 127 Å². The molecule has 2 fully saturated rings. The van der Waals surface area contributed by atoms with Gasteiger partial charge in [-0.15, -0.1) is 0 Å². The highest BCUT2D eigenvalue weighted by Crippen LogP contribution is 2.36. The van der Waals surface area contributed by atoms with Crippen molar-refractivity contribution in [2.24, 2.45) is 4.99 Å². The number of hydrogen-bond donors (Lipinski definition) is 3. The summed E-state index contributed by atoms with van der Waals surface area (Å²) >= 11 is 0. The first-order valence-corrected chi connectivity index (χ1v) is 22.6. The first-order valence-electron chi connectivity index (χ1n) is 22.6. The lowest BCUT2D eigenvalue weighted by Gasteiger charge is -2.35. The Balaban J connectivity index is 0.835. The van der Waals surface area contributed by atoms with E-state index in [9.17, 15) is 14.4 Å². The van der Waals surface area contributed by atoms with E-state index in [0.29, 0.717) is 13.0 Å². The summed E-state index contributed by atoms with van der Waals surface area (Å²) in [5, 5.41) is 3.81. The largest absolute Gasteiger partial charge is 0.453 e. The molecule has 3 aliphatic heterocycles. The average Bonchev–Trinajstić information content (AvgIpc) is 4.21. The molecule has 0 radical (unpaired) electrons. The molecule has 328 valence electrons. The number of ether oxygens (including phenoxy) is 1. The van der Waals surface area contributed by atoms with E-state index in [1.165, 1.54) is 12.7 Å². The first kappa shape index (κ1) is 42.5. The molecule has 6 aromatic rings. The lowest BCUT2D eigenvalue weighted by Crippen LogP contribution is -2.49. The number of para-hydroxylation sites is 1. The van der Waals surface area contributed by atoms with E-state index < -0.39 is 12.1 Å². The number of allylic oxidation sites excluding steroid dienone is 1. The molecular weight excluding hydrogens is 801 g/mol. The number of imidazole rings is 1. The summed E-state index contributed by atoms with van der Waals surface area (Å²) in [6.07, 6.45) is 9.63. The molecule has 3 aliphatic rings. The molecule has 0 aliphatic carbocycles. The summed E-state index contributed by atoms with van der Waals surface area (Å²) in [5.41, 5.74) is 10.4. The molecule has 64 heavy (non-hydrogen) atoms. The smallest absolute Gasteiger partial charge is 0.407 e. The summed E-state index contributed by atoms with van der Waals surface area (Å²) in [7, 11) is 1.30.